The van der Waals surface area contributed by atoms with E-state index in [4.69, 9.17) is 16.3 Å². The van der Waals surface area contributed by atoms with Gasteiger partial charge in [-0.2, -0.15) is 0 Å². The topological polar surface area (TPSA) is 38.3 Å². The highest BCUT2D eigenvalue weighted by molar-refractivity contribution is 6.30. The second-order valence-electron chi connectivity index (χ2n) is 4.73. The molecular weight excluding hydrogens is 274 g/mol. The number of hydrogen-bond acceptors (Lipinski definition) is 2. The summed E-state index contributed by atoms with van der Waals surface area (Å²) in [5.74, 6) is 1.49. The fourth-order valence-corrected chi connectivity index (χ4v) is 2.46. The van der Waals surface area contributed by atoms with Crippen LogP contribution in [0.4, 0.5) is 0 Å². The Morgan fingerprint density at radius 3 is 2.70 bits per heavy atom. The zero-order valence-corrected chi connectivity index (χ0v) is 11.6. The van der Waals surface area contributed by atoms with Gasteiger partial charge >= 0.3 is 0 Å². The fraction of sp³-hybridized carbons (Fsp3) is 0.188. The molecule has 20 heavy (non-hydrogen) atoms. The highest BCUT2D eigenvalue weighted by Gasteiger charge is 2.17. The summed E-state index contributed by atoms with van der Waals surface area (Å²) in [6.07, 6.45) is 1.19. The van der Waals surface area contributed by atoms with Gasteiger partial charge in [-0.25, -0.2) is 0 Å². The molecule has 1 aliphatic heterocycles. The molecule has 1 heterocycles. The lowest BCUT2D eigenvalue weighted by atomic mass is 10.0. The summed E-state index contributed by atoms with van der Waals surface area (Å²) in [6.45, 7) is 0.677. The molecule has 0 unspecified atom stereocenters. The van der Waals surface area contributed by atoms with Crippen LogP contribution in [0.2, 0.25) is 5.02 Å². The predicted octanol–water partition coefficient (Wildman–Crippen LogP) is 3.35. The maximum Gasteiger partial charge on any atom is 0.224 e. The van der Waals surface area contributed by atoms with Crippen molar-refractivity contribution in [3.63, 3.8) is 0 Å². The summed E-state index contributed by atoms with van der Waals surface area (Å²) in [6, 6.07) is 13.1. The van der Waals surface area contributed by atoms with Gasteiger partial charge in [0.1, 0.15) is 11.5 Å². The average molecular weight is 288 g/mol. The fourth-order valence-electron chi connectivity index (χ4n) is 2.33. The number of fused-ring (bicyclic) bond motifs is 1. The van der Waals surface area contributed by atoms with Crippen LogP contribution in [0, 0.1) is 0 Å². The quantitative estimate of drug-likeness (QED) is 0.920. The molecule has 0 fully saturated rings. The lowest BCUT2D eigenvalue weighted by Crippen LogP contribution is -2.24. The van der Waals surface area contributed by atoms with Crippen molar-refractivity contribution in [3.05, 3.63) is 58.6 Å². The predicted molar refractivity (Wildman–Crippen MR) is 78.4 cm³/mol. The Bertz CT molecular complexity index is 637. The van der Waals surface area contributed by atoms with Gasteiger partial charge in [0.25, 0.3) is 0 Å². The van der Waals surface area contributed by atoms with Crippen molar-refractivity contribution in [1.82, 2.24) is 5.32 Å². The molecule has 1 aliphatic rings. The normalized spacial score (nSPS) is 14.2. The molecule has 102 valence electrons. The SMILES string of the molecule is O=C1Cc2c(cccc2Oc2ccc(Cl)cc2)CCN1. The van der Waals surface area contributed by atoms with Crippen molar-refractivity contribution in [1.29, 1.82) is 0 Å². The van der Waals surface area contributed by atoms with Gasteiger partial charge in [0.15, 0.2) is 0 Å². The Hall–Kier alpha value is -2.00. The number of carbonyl (C=O) groups is 1. The highest BCUT2D eigenvalue weighted by Crippen LogP contribution is 2.30. The minimum Gasteiger partial charge on any atom is -0.457 e. The van der Waals surface area contributed by atoms with Crippen molar-refractivity contribution in [3.8, 4) is 11.5 Å². The maximum absolute atomic E-state index is 11.7. The van der Waals surface area contributed by atoms with E-state index in [2.05, 4.69) is 5.32 Å². The molecule has 0 aromatic heterocycles. The second kappa shape index (κ2) is 5.55. The maximum atomic E-state index is 11.7. The van der Waals surface area contributed by atoms with Crippen molar-refractivity contribution in [2.24, 2.45) is 0 Å². The first-order chi connectivity index (χ1) is 9.72. The Balaban J connectivity index is 1.93. The molecule has 0 saturated heterocycles. The molecule has 0 bridgehead atoms. The van der Waals surface area contributed by atoms with E-state index in [9.17, 15) is 4.79 Å². The van der Waals surface area contributed by atoms with Gasteiger partial charge in [-0.3, -0.25) is 4.79 Å². The number of nitrogens with one attached hydrogen (secondary N) is 1. The van der Waals surface area contributed by atoms with E-state index in [0.29, 0.717) is 23.7 Å². The van der Waals surface area contributed by atoms with Gasteiger partial charge in [0.05, 0.1) is 6.42 Å². The summed E-state index contributed by atoms with van der Waals surface area (Å²) >= 11 is 5.86. The minimum absolute atomic E-state index is 0.0379. The molecule has 1 N–H and O–H groups in total. The third kappa shape index (κ3) is 2.78. The number of hydrogen-bond donors (Lipinski definition) is 1. The molecule has 0 atom stereocenters. The zero-order valence-electron chi connectivity index (χ0n) is 10.9. The van der Waals surface area contributed by atoms with Crippen LogP contribution in [0.1, 0.15) is 11.1 Å². The van der Waals surface area contributed by atoms with Crippen LogP contribution in [0.15, 0.2) is 42.5 Å². The summed E-state index contributed by atoms with van der Waals surface area (Å²) in [5, 5.41) is 3.55. The van der Waals surface area contributed by atoms with Gasteiger partial charge in [-0.15, -0.1) is 0 Å². The lowest BCUT2D eigenvalue weighted by molar-refractivity contribution is -0.120. The van der Waals surface area contributed by atoms with Gasteiger partial charge in [-0.05, 0) is 42.3 Å². The Labute approximate surface area is 122 Å². The van der Waals surface area contributed by atoms with Gasteiger partial charge in [0, 0.05) is 17.1 Å². The van der Waals surface area contributed by atoms with Crippen molar-refractivity contribution in [2.45, 2.75) is 12.8 Å². The van der Waals surface area contributed by atoms with Crippen LogP contribution in [-0.2, 0) is 17.6 Å². The van der Waals surface area contributed by atoms with Crippen LogP contribution in [-0.4, -0.2) is 12.5 Å². The van der Waals surface area contributed by atoms with Crippen LogP contribution < -0.4 is 10.1 Å². The number of rotatable bonds is 2. The van der Waals surface area contributed by atoms with Crippen molar-refractivity contribution < 1.29 is 9.53 Å². The molecule has 0 saturated carbocycles. The molecular formula is C16H14ClNO2. The van der Waals surface area contributed by atoms with Gasteiger partial charge < -0.3 is 10.1 Å². The number of amides is 1. The smallest absolute Gasteiger partial charge is 0.224 e. The first-order valence-electron chi connectivity index (χ1n) is 6.53. The lowest BCUT2D eigenvalue weighted by Gasteiger charge is -2.12. The molecule has 1 amide bonds. The summed E-state index contributed by atoms with van der Waals surface area (Å²) in [5.41, 5.74) is 2.13. The van der Waals surface area contributed by atoms with E-state index >= 15 is 0 Å². The van der Waals surface area contributed by atoms with E-state index in [0.717, 1.165) is 23.3 Å². The number of ether oxygens (including phenoxy) is 1. The summed E-state index contributed by atoms with van der Waals surface area (Å²) in [7, 11) is 0. The summed E-state index contributed by atoms with van der Waals surface area (Å²) < 4.78 is 5.90. The number of halogens is 1. The molecule has 2 aromatic rings. The first-order valence-corrected chi connectivity index (χ1v) is 6.91. The zero-order chi connectivity index (χ0) is 13.9. The van der Waals surface area contributed by atoms with E-state index in [1.54, 1.807) is 12.1 Å². The van der Waals surface area contributed by atoms with Gasteiger partial charge in [-0.1, -0.05) is 23.7 Å². The highest BCUT2D eigenvalue weighted by atomic mass is 35.5. The summed E-state index contributed by atoms with van der Waals surface area (Å²) in [4.78, 5) is 11.7. The molecule has 0 aliphatic carbocycles. The molecule has 0 spiro atoms. The molecule has 3 rings (SSSR count). The third-order valence-electron chi connectivity index (χ3n) is 3.33. The monoisotopic (exact) mass is 287 g/mol. The molecule has 2 aromatic carbocycles. The Morgan fingerprint density at radius 2 is 1.90 bits per heavy atom. The minimum atomic E-state index is 0.0379. The van der Waals surface area contributed by atoms with Crippen LogP contribution >= 0.6 is 11.6 Å². The third-order valence-corrected chi connectivity index (χ3v) is 3.58. The molecule has 4 heteroatoms. The van der Waals surface area contributed by atoms with E-state index in [-0.39, 0.29) is 5.91 Å². The van der Waals surface area contributed by atoms with E-state index in [1.807, 2.05) is 30.3 Å². The number of carbonyl (C=O) groups excluding carboxylic acids is 1. The second-order valence-corrected chi connectivity index (χ2v) is 5.16. The Kier molecular flexibility index (Phi) is 3.61. The number of benzene rings is 2. The first kappa shape index (κ1) is 13.0. The van der Waals surface area contributed by atoms with E-state index in [1.165, 1.54) is 0 Å². The van der Waals surface area contributed by atoms with Crippen molar-refractivity contribution >= 4 is 17.5 Å². The largest absolute Gasteiger partial charge is 0.457 e. The van der Waals surface area contributed by atoms with Crippen LogP contribution in [0.25, 0.3) is 0 Å². The van der Waals surface area contributed by atoms with Crippen molar-refractivity contribution in [2.75, 3.05) is 6.54 Å². The van der Waals surface area contributed by atoms with Gasteiger partial charge in [0.2, 0.25) is 5.91 Å². The average Bonchev–Trinajstić information content (AvgIpc) is 2.63. The van der Waals surface area contributed by atoms with Crippen LogP contribution in [0.3, 0.4) is 0 Å². The molecule has 3 nitrogen and oxygen atoms in total. The van der Waals surface area contributed by atoms with E-state index < -0.39 is 0 Å². The standard InChI is InChI=1S/C16H14ClNO2/c17-12-4-6-13(7-5-12)20-15-3-1-2-11-8-9-18-16(19)10-14(11)15/h1-7H,8-10H2,(H,18,19). The Morgan fingerprint density at radius 1 is 1.10 bits per heavy atom. The molecule has 0 radical (unpaired) electrons. The van der Waals surface area contributed by atoms with Crippen LogP contribution in [0.5, 0.6) is 11.5 Å².